The number of alkyl halides is 3. The zero-order valence-electron chi connectivity index (χ0n) is 21.6. The van der Waals surface area contributed by atoms with Gasteiger partial charge in [0.15, 0.2) is 0 Å². The van der Waals surface area contributed by atoms with Gasteiger partial charge in [0.05, 0.1) is 33.1 Å². The van der Waals surface area contributed by atoms with Crippen molar-refractivity contribution in [2.24, 2.45) is 0 Å². The van der Waals surface area contributed by atoms with Gasteiger partial charge in [-0.25, -0.2) is 4.79 Å². The number of thioether (sulfide) groups is 1. The molecule has 0 bridgehead atoms. The molecule has 3 aromatic rings. The fraction of sp³-hybridized carbons (Fsp3) is 0.111. The van der Waals surface area contributed by atoms with E-state index in [0.717, 1.165) is 13.2 Å². The molecule has 16 heteroatoms. The van der Waals surface area contributed by atoms with Gasteiger partial charge >= 0.3 is 17.8 Å². The summed E-state index contributed by atoms with van der Waals surface area (Å²) in [6.45, 7) is -0.640. The van der Waals surface area contributed by atoms with E-state index in [1.807, 2.05) is 0 Å². The van der Waals surface area contributed by atoms with E-state index < -0.39 is 57.7 Å². The Kier molecular flexibility index (Phi) is 9.06. The summed E-state index contributed by atoms with van der Waals surface area (Å²) in [5.74, 6) is -2.69. The number of rotatable bonds is 8. The minimum Gasteiger partial charge on any atom is -0.465 e. The molecule has 11 nitrogen and oxygen atoms in total. The number of amides is 3. The topological polar surface area (TPSA) is 145 Å². The summed E-state index contributed by atoms with van der Waals surface area (Å²) in [5, 5.41) is 13.2. The second kappa shape index (κ2) is 12.5. The molecule has 43 heavy (non-hydrogen) atoms. The van der Waals surface area contributed by atoms with Gasteiger partial charge in [0.25, 0.3) is 11.1 Å². The first-order chi connectivity index (χ1) is 20.3. The van der Waals surface area contributed by atoms with Gasteiger partial charge in [-0.1, -0.05) is 23.7 Å². The highest BCUT2D eigenvalue weighted by Gasteiger charge is 2.36. The summed E-state index contributed by atoms with van der Waals surface area (Å²) < 4.78 is 49.1. The molecule has 1 saturated heterocycles. The maximum atomic E-state index is 13.0. The van der Waals surface area contributed by atoms with Crippen LogP contribution >= 0.6 is 23.4 Å². The van der Waals surface area contributed by atoms with Gasteiger partial charge in [-0.2, -0.15) is 13.2 Å². The van der Waals surface area contributed by atoms with Crippen LogP contribution in [-0.2, 0) is 20.5 Å². The normalized spacial score (nSPS) is 14.2. The smallest absolute Gasteiger partial charge is 0.416 e. The SMILES string of the molecule is COC(=O)c1cc(NC(=O)CN2C(=O)S/C(=C/c3cccc(Oc4ccc(C(F)(F)F)cc4[N+](=O)[O-])c3)C2=O)ccc1Cl. The van der Waals surface area contributed by atoms with Gasteiger partial charge in [-0.15, -0.1) is 0 Å². The molecule has 3 aromatic carbocycles. The van der Waals surface area contributed by atoms with Gasteiger partial charge in [0.1, 0.15) is 12.3 Å². The van der Waals surface area contributed by atoms with Crippen LogP contribution in [0, 0.1) is 10.1 Å². The highest BCUT2D eigenvalue weighted by Crippen LogP contribution is 2.38. The van der Waals surface area contributed by atoms with Crippen molar-refractivity contribution in [3.63, 3.8) is 0 Å². The largest absolute Gasteiger partial charge is 0.465 e. The molecule has 0 aromatic heterocycles. The van der Waals surface area contributed by atoms with Crippen LogP contribution in [0.2, 0.25) is 5.02 Å². The predicted octanol–water partition coefficient (Wildman–Crippen LogP) is 6.52. The predicted molar refractivity (Wildman–Crippen MR) is 149 cm³/mol. The third-order valence-corrected chi connectivity index (χ3v) is 6.93. The summed E-state index contributed by atoms with van der Waals surface area (Å²) in [4.78, 5) is 60.8. The molecule has 1 aliphatic heterocycles. The monoisotopic (exact) mass is 635 g/mol. The number of ether oxygens (including phenoxy) is 2. The van der Waals surface area contributed by atoms with Gasteiger partial charge in [0, 0.05) is 11.8 Å². The number of hydrogen-bond acceptors (Lipinski definition) is 9. The molecule has 0 radical (unpaired) electrons. The molecule has 1 aliphatic rings. The van der Waals surface area contributed by atoms with Crippen LogP contribution in [0.5, 0.6) is 11.5 Å². The van der Waals surface area contributed by atoms with E-state index in [9.17, 15) is 42.5 Å². The summed E-state index contributed by atoms with van der Waals surface area (Å²) in [6.07, 6.45) is -3.48. The van der Waals surface area contributed by atoms with Crippen molar-refractivity contribution in [2.75, 3.05) is 19.0 Å². The number of carbonyl (C=O) groups is 4. The lowest BCUT2D eigenvalue weighted by Crippen LogP contribution is -2.36. The molecule has 1 fully saturated rings. The lowest BCUT2D eigenvalue weighted by molar-refractivity contribution is -0.385. The van der Waals surface area contributed by atoms with Crippen molar-refractivity contribution >= 4 is 63.8 Å². The minimum atomic E-state index is -4.79. The Bertz CT molecular complexity index is 1700. The Balaban J connectivity index is 1.48. The molecule has 1 N–H and O–H groups in total. The number of nitro groups is 1. The Hall–Kier alpha value is -4.89. The van der Waals surface area contributed by atoms with Crippen LogP contribution in [-0.4, -0.2) is 46.5 Å². The van der Waals surface area contributed by atoms with Crippen molar-refractivity contribution in [2.45, 2.75) is 6.18 Å². The third-order valence-electron chi connectivity index (χ3n) is 5.70. The van der Waals surface area contributed by atoms with Crippen molar-refractivity contribution in [3.8, 4) is 11.5 Å². The van der Waals surface area contributed by atoms with Crippen LogP contribution in [0.1, 0.15) is 21.5 Å². The molecular formula is C27H17ClF3N3O8S. The maximum absolute atomic E-state index is 13.0. The molecule has 222 valence electrons. The van der Waals surface area contributed by atoms with E-state index in [0.29, 0.717) is 34.4 Å². The van der Waals surface area contributed by atoms with Crippen LogP contribution in [0.25, 0.3) is 6.08 Å². The van der Waals surface area contributed by atoms with E-state index in [-0.39, 0.29) is 26.9 Å². The van der Waals surface area contributed by atoms with E-state index in [1.54, 1.807) is 0 Å². The van der Waals surface area contributed by atoms with Gasteiger partial charge in [0.2, 0.25) is 11.7 Å². The zero-order chi connectivity index (χ0) is 31.5. The maximum Gasteiger partial charge on any atom is 0.416 e. The minimum absolute atomic E-state index is 0.00417. The standard InChI is InChI=1S/C27H17ClF3N3O8S/c1-41-25(37)18-12-16(6-7-19(18)28)32-23(35)13-33-24(36)22(43-26(33)38)10-14-3-2-4-17(9-14)42-21-8-5-15(27(29,30)31)11-20(21)34(39)40/h2-12H,13H2,1H3,(H,32,35)/b22-10+. The molecule has 1 heterocycles. The van der Waals surface area contributed by atoms with Crippen molar-refractivity contribution in [1.29, 1.82) is 0 Å². The second-order valence-electron chi connectivity index (χ2n) is 8.61. The number of nitrogens with zero attached hydrogens (tertiary/aromatic N) is 2. The fourth-order valence-corrected chi connectivity index (χ4v) is 4.75. The highest BCUT2D eigenvalue weighted by molar-refractivity contribution is 8.18. The van der Waals surface area contributed by atoms with E-state index in [4.69, 9.17) is 16.3 Å². The zero-order valence-corrected chi connectivity index (χ0v) is 23.2. The van der Waals surface area contributed by atoms with Gasteiger partial charge < -0.3 is 14.8 Å². The number of methoxy groups -OCH3 is 1. The summed E-state index contributed by atoms with van der Waals surface area (Å²) in [7, 11) is 1.16. The van der Waals surface area contributed by atoms with Crippen LogP contribution < -0.4 is 10.1 Å². The average molecular weight is 636 g/mol. The van der Waals surface area contributed by atoms with Crippen molar-refractivity contribution in [1.82, 2.24) is 4.90 Å². The number of benzene rings is 3. The summed E-state index contributed by atoms with van der Waals surface area (Å²) in [5.41, 5.74) is -1.64. The van der Waals surface area contributed by atoms with E-state index in [1.165, 1.54) is 48.5 Å². The first-order valence-corrected chi connectivity index (χ1v) is 13.0. The molecule has 0 atom stereocenters. The number of hydrogen-bond donors (Lipinski definition) is 1. The quantitative estimate of drug-likeness (QED) is 0.126. The van der Waals surface area contributed by atoms with Gasteiger partial charge in [-0.05, 0) is 65.9 Å². The van der Waals surface area contributed by atoms with Crippen molar-refractivity contribution < 1.29 is 46.7 Å². The molecule has 0 spiro atoms. The number of anilines is 1. The number of carbonyl (C=O) groups excluding carboxylic acids is 4. The number of halogens is 4. The molecule has 0 saturated carbocycles. The Labute approximate surface area is 249 Å². The van der Waals surface area contributed by atoms with E-state index in [2.05, 4.69) is 10.1 Å². The van der Waals surface area contributed by atoms with Gasteiger partial charge in [-0.3, -0.25) is 29.4 Å². The highest BCUT2D eigenvalue weighted by atomic mass is 35.5. The lowest BCUT2D eigenvalue weighted by atomic mass is 10.1. The molecule has 3 amide bonds. The first-order valence-electron chi connectivity index (χ1n) is 11.8. The fourth-order valence-electron chi connectivity index (χ4n) is 3.72. The third kappa shape index (κ3) is 7.31. The van der Waals surface area contributed by atoms with Crippen LogP contribution in [0.4, 0.5) is 29.3 Å². The molecular weight excluding hydrogens is 619 g/mol. The summed E-state index contributed by atoms with van der Waals surface area (Å²) in [6, 6.07) is 11.6. The first kappa shape index (κ1) is 31.1. The molecule has 0 aliphatic carbocycles. The van der Waals surface area contributed by atoms with Crippen molar-refractivity contribution in [3.05, 3.63) is 97.4 Å². The number of nitrogens with one attached hydrogen (secondary N) is 1. The number of nitro benzene ring substituents is 1. The lowest BCUT2D eigenvalue weighted by Gasteiger charge is -2.13. The Morgan fingerprint density at radius 2 is 1.86 bits per heavy atom. The average Bonchev–Trinajstić information content (AvgIpc) is 3.20. The Morgan fingerprint density at radius 3 is 2.53 bits per heavy atom. The summed E-state index contributed by atoms with van der Waals surface area (Å²) >= 11 is 6.52. The van der Waals surface area contributed by atoms with Crippen LogP contribution in [0.15, 0.2) is 65.6 Å². The Morgan fingerprint density at radius 1 is 1.12 bits per heavy atom. The van der Waals surface area contributed by atoms with Crippen LogP contribution in [0.3, 0.4) is 0 Å². The molecule has 4 rings (SSSR count). The second-order valence-corrected chi connectivity index (χ2v) is 10.0. The number of esters is 1. The van der Waals surface area contributed by atoms with E-state index >= 15 is 0 Å². The molecule has 0 unspecified atom stereocenters. The number of imide groups is 1.